The van der Waals surface area contributed by atoms with Gasteiger partial charge in [0.2, 0.25) is 5.91 Å². The van der Waals surface area contributed by atoms with Gasteiger partial charge in [-0.3, -0.25) is 9.69 Å². The fraction of sp³-hybridized carbons (Fsp3) is 0.316. The quantitative estimate of drug-likeness (QED) is 0.789. The van der Waals surface area contributed by atoms with Crippen molar-refractivity contribution in [3.63, 3.8) is 0 Å². The molecule has 0 aromatic heterocycles. The molecule has 3 rings (SSSR count). The minimum atomic E-state index is -0.115. The summed E-state index contributed by atoms with van der Waals surface area (Å²) in [7, 11) is 0. The van der Waals surface area contributed by atoms with Gasteiger partial charge in [-0.15, -0.1) is 0 Å². The van der Waals surface area contributed by atoms with Crippen molar-refractivity contribution in [2.75, 3.05) is 42.9 Å². The van der Waals surface area contributed by atoms with Crippen LogP contribution in [0.4, 0.5) is 11.4 Å². The molecule has 1 heterocycles. The Morgan fingerprint density at radius 3 is 2.50 bits per heavy atom. The Bertz CT molecular complexity index is 805. The highest BCUT2D eigenvalue weighted by molar-refractivity contribution is 6.40. The molecule has 0 saturated carbocycles. The minimum absolute atomic E-state index is 0.115. The second-order valence-corrected chi connectivity index (χ2v) is 7.57. The van der Waals surface area contributed by atoms with Crippen LogP contribution in [-0.2, 0) is 4.79 Å². The Morgan fingerprint density at radius 1 is 1.08 bits per heavy atom. The predicted octanol–water partition coefficient (Wildman–Crippen LogP) is 4.72. The third kappa shape index (κ3) is 4.63. The summed E-state index contributed by atoms with van der Waals surface area (Å²) in [6.07, 6.45) is 0. The van der Waals surface area contributed by atoms with Crippen molar-refractivity contribution in [2.24, 2.45) is 0 Å². The topological polar surface area (TPSA) is 35.6 Å². The smallest absolute Gasteiger partial charge is 0.238 e. The Balaban J connectivity index is 1.55. The number of carbonyl (C=O) groups excluding carboxylic acids is 1. The SMILES string of the molecule is Cc1ccc(Cl)c(NC(=O)CN2CCN(c3cccc(Cl)c3)CC2)c1Cl. The van der Waals surface area contributed by atoms with Gasteiger partial charge in [-0.05, 0) is 36.8 Å². The zero-order valence-corrected chi connectivity index (χ0v) is 16.7. The number of nitrogens with zero attached hydrogens (tertiary/aromatic N) is 2. The highest BCUT2D eigenvalue weighted by Crippen LogP contribution is 2.32. The Hall–Kier alpha value is -1.46. The highest BCUT2D eigenvalue weighted by atomic mass is 35.5. The third-order valence-corrected chi connectivity index (χ3v) is 5.50. The fourth-order valence-electron chi connectivity index (χ4n) is 2.99. The van der Waals surface area contributed by atoms with Crippen molar-refractivity contribution < 1.29 is 4.79 Å². The van der Waals surface area contributed by atoms with E-state index in [1.807, 2.05) is 31.2 Å². The number of halogens is 3. The molecule has 1 aliphatic rings. The summed E-state index contributed by atoms with van der Waals surface area (Å²) in [5.41, 5.74) is 2.47. The second kappa shape index (κ2) is 8.49. The van der Waals surface area contributed by atoms with Gasteiger partial charge in [0.15, 0.2) is 0 Å². The molecule has 7 heteroatoms. The maximum Gasteiger partial charge on any atom is 0.238 e. The number of hydrogen-bond acceptors (Lipinski definition) is 3. The molecule has 2 aromatic rings. The number of nitrogens with one attached hydrogen (secondary N) is 1. The second-order valence-electron chi connectivity index (χ2n) is 6.34. The van der Waals surface area contributed by atoms with Crippen LogP contribution in [0.15, 0.2) is 36.4 Å². The molecule has 1 fully saturated rings. The van der Waals surface area contributed by atoms with Gasteiger partial charge in [-0.2, -0.15) is 0 Å². The number of benzene rings is 2. The van der Waals surface area contributed by atoms with Gasteiger partial charge < -0.3 is 10.2 Å². The van der Waals surface area contributed by atoms with E-state index >= 15 is 0 Å². The summed E-state index contributed by atoms with van der Waals surface area (Å²) in [4.78, 5) is 16.8. The standard InChI is InChI=1S/C19H20Cl3N3O/c1-13-5-6-16(21)19(18(13)22)23-17(26)12-24-7-9-25(10-8-24)15-4-2-3-14(20)11-15/h2-6,11H,7-10,12H2,1H3,(H,23,26). The van der Waals surface area contributed by atoms with Gasteiger partial charge in [0.05, 0.1) is 22.3 Å². The summed E-state index contributed by atoms with van der Waals surface area (Å²) < 4.78 is 0. The monoisotopic (exact) mass is 411 g/mol. The number of amides is 1. The fourth-order valence-corrected chi connectivity index (χ4v) is 3.64. The molecule has 0 aliphatic carbocycles. The van der Waals surface area contributed by atoms with Crippen LogP contribution in [0.3, 0.4) is 0 Å². The summed E-state index contributed by atoms with van der Waals surface area (Å²) in [6, 6.07) is 11.4. The van der Waals surface area contributed by atoms with Crippen LogP contribution in [0.5, 0.6) is 0 Å². The molecule has 1 saturated heterocycles. The number of carbonyl (C=O) groups is 1. The van der Waals surface area contributed by atoms with E-state index in [0.717, 1.165) is 42.5 Å². The molecular formula is C19H20Cl3N3O. The zero-order chi connectivity index (χ0) is 18.7. The first-order chi connectivity index (χ1) is 12.4. The summed E-state index contributed by atoms with van der Waals surface area (Å²) in [5.74, 6) is -0.115. The molecule has 0 radical (unpaired) electrons. The molecule has 0 atom stereocenters. The van der Waals surface area contributed by atoms with E-state index in [1.54, 1.807) is 6.07 Å². The molecular weight excluding hydrogens is 393 g/mol. The molecule has 0 bridgehead atoms. The Kier molecular flexibility index (Phi) is 6.30. The summed E-state index contributed by atoms with van der Waals surface area (Å²) >= 11 is 18.5. The van der Waals surface area contributed by atoms with Gasteiger partial charge in [0.25, 0.3) is 0 Å². The van der Waals surface area contributed by atoms with Crippen LogP contribution in [0, 0.1) is 6.92 Å². The molecule has 0 spiro atoms. The third-order valence-electron chi connectivity index (χ3n) is 4.46. The minimum Gasteiger partial charge on any atom is -0.369 e. The van der Waals surface area contributed by atoms with Crippen LogP contribution in [-0.4, -0.2) is 43.5 Å². The number of piperazine rings is 1. The van der Waals surface area contributed by atoms with E-state index < -0.39 is 0 Å². The molecule has 1 aliphatic heterocycles. The molecule has 1 N–H and O–H groups in total. The van der Waals surface area contributed by atoms with E-state index in [4.69, 9.17) is 34.8 Å². The summed E-state index contributed by atoms with van der Waals surface area (Å²) in [6.45, 7) is 5.48. The summed E-state index contributed by atoms with van der Waals surface area (Å²) in [5, 5.41) is 4.50. The number of rotatable bonds is 4. The van der Waals surface area contributed by atoms with Crippen molar-refractivity contribution in [1.29, 1.82) is 0 Å². The molecule has 2 aromatic carbocycles. The van der Waals surface area contributed by atoms with Gasteiger partial charge in [0, 0.05) is 36.9 Å². The molecule has 138 valence electrons. The molecule has 4 nitrogen and oxygen atoms in total. The van der Waals surface area contributed by atoms with E-state index in [9.17, 15) is 4.79 Å². The van der Waals surface area contributed by atoms with Crippen molar-refractivity contribution >= 4 is 52.1 Å². The van der Waals surface area contributed by atoms with Gasteiger partial charge in [-0.1, -0.05) is 46.9 Å². The first kappa shape index (κ1) is 19.3. The largest absolute Gasteiger partial charge is 0.369 e. The maximum absolute atomic E-state index is 12.4. The van der Waals surface area contributed by atoms with E-state index in [1.165, 1.54) is 0 Å². The zero-order valence-electron chi connectivity index (χ0n) is 14.4. The van der Waals surface area contributed by atoms with Crippen LogP contribution in [0.1, 0.15) is 5.56 Å². The maximum atomic E-state index is 12.4. The lowest BCUT2D eigenvalue weighted by molar-refractivity contribution is -0.117. The average Bonchev–Trinajstić information content (AvgIpc) is 2.63. The lowest BCUT2D eigenvalue weighted by Gasteiger charge is -2.35. The average molecular weight is 413 g/mol. The van der Waals surface area contributed by atoms with Crippen LogP contribution in [0.25, 0.3) is 0 Å². The van der Waals surface area contributed by atoms with Crippen LogP contribution >= 0.6 is 34.8 Å². The lowest BCUT2D eigenvalue weighted by atomic mass is 10.2. The normalized spacial score (nSPS) is 15.2. The van der Waals surface area contributed by atoms with Crippen molar-refractivity contribution in [3.05, 3.63) is 57.0 Å². The van der Waals surface area contributed by atoms with Crippen molar-refractivity contribution in [2.45, 2.75) is 6.92 Å². The highest BCUT2D eigenvalue weighted by Gasteiger charge is 2.20. The first-order valence-electron chi connectivity index (χ1n) is 8.41. The van der Waals surface area contributed by atoms with E-state index in [0.29, 0.717) is 22.3 Å². The van der Waals surface area contributed by atoms with Crippen molar-refractivity contribution in [3.8, 4) is 0 Å². The van der Waals surface area contributed by atoms with Crippen LogP contribution in [0.2, 0.25) is 15.1 Å². The van der Waals surface area contributed by atoms with E-state index in [-0.39, 0.29) is 5.91 Å². The van der Waals surface area contributed by atoms with Gasteiger partial charge >= 0.3 is 0 Å². The number of aryl methyl sites for hydroxylation is 1. The number of anilines is 2. The predicted molar refractivity (Wildman–Crippen MR) is 110 cm³/mol. The molecule has 0 unspecified atom stereocenters. The van der Waals surface area contributed by atoms with E-state index in [2.05, 4.69) is 21.2 Å². The molecule has 26 heavy (non-hydrogen) atoms. The number of hydrogen-bond donors (Lipinski definition) is 1. The van der Waals surface area contributed by atoms with Gasteiger partial charge in [0.1, 0.15) is 0 Å². The first-order valence-corrected chi connectivity index (χ1v) is 9.55. The lowest BCUT2D eigenvalue weighted by Crippen LogP contribution is -2.48. The Morgan fingerprint density at radius 2 is 1.81 bits per heavy atom. The Labute approximate surface area is 168 Å². The van der Waals surface area contributed by atoms with Crippen LogP contribution < -0.4 is 10.2 Å². The molecule has 1 amide bonds. The van der Waals surface area contributed by atoms with Gasteiger partial charge in [-0.25, -0.2) is 0 Å². The van der Waals surface area contributed by atoms with Crippen molar-refractivity contribution in [1.82, 2.24) is 4.90 Å².